The zero-order valence-corrected chi connectivity index (χ0v) is 23.6. The Labute approximate surface area is 218 Å². The van der Waals surface area contributed by atoms with Crippen LogP contribution in [0.15, 0.2) is 34.7 Å². The topological polar surface area (TPSA) is 72.7 Å². The van der Waals surface area contributed by atoms with Crippen molar-refractivity contribution in [1.29, 1.82) is 0 Å². The van der Waals surface area contributed by atoms with Gasteiger partial charge in [-0.15, -0.1) is 10.2 Å². The van der Waals surface area contributed by atoms with Crippen molar-refractivity contribution in [2.45, 2.75) is 71.2 Å². The molecule has 2 aromatic carbocycles. The summed E-state index contributed by atoms with van der Waals surface area (Å²) in [6, 6.07) is 8.43. The smallest absolute Gasteiger partial charge is 0.247 e. The minimum Gasteiger partial charge on any atom is -0.506 e. The molecule has 6 nitrogen and oxygen atoms in total. The highest BCUT2D eigenvalue weighted by atomic mass is 35.5. The lowest BCUT2D eigenvalue weighted by atomic mass is 9.92. The van der Waals surface area contributed by atoms with Crippen molar-refractivity contribution >= 4 is 37.2 Å². The van der Waals surface area contributed by atoms with Gasteiger partial charge in [-0.05, 0) is 67.7 Å². The maximum atomic E-state index is 9.74. The summed E-state index contributed by atoms with van der Waals surface area (Å²) in [6.45, 7) is 22.3. The van der Waals surface area contributed by atoms with Crippen molar-refractivity contribution in [3.63, 3.8) is 0 Å². The average Bonchev–Trinajstić information content (AvgIpc) is 3.25. The highest BCUT2D eigenvalue weighted by Crippen LogP contribution is 2.41. The van der Waals surface area contributed by atoms with Crippen molar-refractivity contribution in [2.24, 2.45) is 0 Å². The fourth-order valence-electron chi connectivity index (χ4n) is 3.57. The summed E-state index contributed by atoms with van der Waals surface area (Å²) in [7, 11) is -2.09. The Morgan fingerprint density at radius 1 is 1.17 bits per heavy atom. The molecule has 0 aliphatic heterocycles. The Hall–Kier alpha value is -2.37. The molecule has 35 heavy (non-hydrogen) atoms. The number of phenols is 1. The second-order valence-corrected chi connectivity index (χ2v) is 15.8. The summed E-state index contributed by atoms with van der Waals surface area (Å²) in [4.78, 5) is 3.50. The fraction of sp³-hybridized carbons (Fsp3) is 0.423. The van der Waals surface area contributed by atoms with Gasteiger partial charge in [-0.2, -0.15) is 0 Å². The Bertz CT molecular complexity index is 1260. The minimum absolute atomic E-state index is 0.0142. The lowest BCUT2D eigenvalue weighted by Crippen LogP contribution is -2.44. The van der Waals surface area contributed by atoms with Gasteiger partial charge < -0.3 is 13.9 Å². The Morgan fingerprint density at radius 3 is 2.46 bits per heavy atom. The van der Waals surface area contributed by atoms with Gasteiger partial charge in [0.05, 0.1) is 28.6 Å². The van der Waals surface area contributed by atoms with Crippen molar-refractivity contribution < 1.29 is 13.9 Å². The van der Waals surface area contributed by atoms with E-state index in [0.29, 0.717) is 34.5 Å². The molecular weight excluding hydrogens is 501 g/mol. The molecule has 0 saturated heterocycles. The molecule has 0 radical (unpaired) electrons. The molecule has 1 N–H and O–H groups in total. The van der Waals surface area contributed by atoms with Gasteiger partial charge in [0.1, 0.15) is 5.75 Å². The molecule has 3 aromatic rings. The van der Waals surface area contributed by atoms with Gasteiger partial charge in [0.15, 0.2) is 8.32 Å². The van der Waals surface area contributed by atoms with E-state index < -0.39 is 8.32 Å². The van der Waals surface area contributed by atoms with E-state index in [2.05, 4.69) is 48.9 Å². The first kappa shape index (κ1) is 27.2. The van der Waals surface area contributed by atoms with Crippen LogP contribution in [0.5, 0.6) is 5.75 Å². The van der Waals surface area contributed by atoms with E-state index in [1.807, 2.05) is 19.9 Å². The average molecular weight is 533 g/mol. The van der Waals surface area contributed by atoms with Crippen molar-refractivity contribution in [3.05, 3.63) is 68.8 Å². The van der Waals surface area contributed by atoms with Crippen molar-refractivity contribution in [1.82, 2.24) is 10.2 Å². The zero-order valence-electron chi connectivity index (χ0n) is 21.1. The second kappa shape index (κ2) is 10.3. The van der Waals surface area contributed by atoms with Crippen LogP contribution in [0.1, 0.15) is 50.6 Å². The number of nitrogens with zero attached hydrogens (tertiary/aromatic N) is 3. The number of aromatic nitrogens is 2. The van der Waals surface area contributed by atoms with E-state index in [1.165, 1.54) is 6.07 Å². The van der Waals surface area contributed by atoms with Crippen molar-refractivity contribution in [2.75, 3.05) is 0 Å². The number of rotatable bonds is 7. The summed E-state index contributed by atoms with van der Waals surface area (Å²) < 4.78 is 12.9. The molecular formula is C26H31Cl2N3O3Si. The quantitative estimate of drug-likeness (QED) is 0.245. The number of hydrogen-bond donors (Lipinski definition) is 1. The third-order valence-electron chi connectivity index (χ3n) is 6.84. The lowest BCUT2D eigenvalue weighted by molar-refractivity contribution is 0.154. The highest BCUT2D eigenvalue weighted by molar-refractivity contribution is 6.74. The first-order valence-corrected chi connectivity index (χ1v) is 15.1. The standard InChI is InChI=1S/C26H31Cl2N3O3Si/c1-15-17(9-11-21(29-6)23(15)28)13-19(16(2)34-35(7,8)26(3,4)5)25-31-30-24(33-25)18-10-12-22(32)20(27)14-18/h9-12,14,16,19,32H,13H2,1-5,7-8H3/t16-,19-/m1/s1. The molecule has 0 spiro atoms. The van der Waals surface area contributed by atoms with Gasteiger partial charge in [-0.3, -0.25) is 0 Å². The van der Waals surface area contributed by atoms with Crippen LogP contribution in [-0.2, 0) is 10.8 Å². The summed E-state index contributed by atoms with van der Waals surface area (Å²) in [5.41, 5.74) is 2.89. The van der Waals surface area contributed by atoms with Crippen LogP contribution in [-0.4, -0.2) is 29.7 Å². The maximum absolute atomic E-state index is 9.74. The largest absolute Gasteiger partial charge is 0.506 e. The molecule has 1 aromatic heterocycles. The molecule has 1 heterocycles. The van der Waals surface area contributed by atoms with E-state index in [9.17, 15) is 5.11 Å². The van der Waals surface area contributed by atoms with Gasteiger partial charge in [-0.1, -0.05) is 56.1 Å². The molecule has 0 amide bonds. The highest BCUT2D eigenvalue weighted by Gasteiger charge is 2.41. The second-order valence-electron chi connectivity index (χ2n) is 10.3. The van der Waals surface area contributed by atoms with Gasteiger partial charge >= 0.3 is 0 Å². The van der Waals surface area contributed by atoms with E-state index in [1.54, 1.807) is 18.2 Å². The summed E-state index contributed by atoms with van der Waals surface area (Å²) in [6.07, 6.45) is 0.337. The van der Waals surface area contributed by atoms with Crippen LogP contribution >= 0.6 is 23.2 Å². The number of halogens is 2. The molecule has 0 aliphatic carbocycles. The summed E-state index contributed by atoms with van der Waals surface area (Å²) in [5, 5.41) is 19.1. The fourth-order valence-corrected chi connectivity index (χ4v) is 5.43. The SMILES string of the molecule is [C-]#[N+]c1ccc(C[C@@H](c2nnc(-c3ccc(O)c(Cl)c3)o2)[C@@H](C)O[Si](C)(C)C(C)(C)C)c(C)c1Cl. The lowest BCUT2D eigenvalue weighted by Gasteiger charge is -2.40. The monoisotopic (exact) mass is 531 g/mol. The van der Waals surface area contributed by atoms with Crippen LogP contribution in [0.2, 0.25) is 28.2 Å². The van der Waals surface area contributed by atoms with Gasteiger partial charge in [-0.25, -0.2) is 4.85 Å². The molecule has 0 aliphatic rings. The predicted molar refractivity (Wildman–Crippen MR) is 143 cm³/mol. The number of benzene rings is 2. The molecule has 0 fully saturated rings. The minimum atomic E-state index is -2.09. The Morgan fingerprint density at radius 2 is 1.86 bits per heavy atom. The van der Waals surface area contributed by atoms with Crippen LogP contribution in [0, 0.1) is 13.5 Å². The Kier molecular flexibility index (Phi) is 8.02. The molecule has 0 saturated carbocycles. The molecule has 0 bridgehead atoms. The zero-order chi connectivity index (χ0) is 26.1. The number of aromatic hydroxyl groups is 1. The normalized spacial score (nSPS) is 13.9. The first-order valence-electron chi connectivity index (χ1n) is 11.4. The van der Waals surface area contributed by atoms with E-state index in [0.717, 1.165) is 11.1 Å². The Balaban J connectivity index is 2.02. The summed E-state index contributed by atoms with van der Waals surface area (Å²) >= 11 is 12.5. The van der Waals surface area contributed by atoms with E-state index >= 15 is 0 Å². The molecule has 0 unspecified atom stereocenters. The van der Waals surface area contributed by atoms with Gasteiger partial charge in [0.2, 0.25) is 17.5 Å². The molecule has 9 heteroatoms. The van der Waals surface area contributed by atoms with E-state index in [-0.39, 0.29) is 27.8 Å². The maximum Gasteiger partial charge on any atom is 0.247 e. The van der Waals surface area contributed by atoms with Crippen LogP contribution in [0.25, 0.3) is 16.3 Å². The van der Waals surface area contributed by atoms with Gasteiger partial charge in [0.25, 0.3) is 0 Å². The number of hydrogen-bond acceptors (Lipinski definition) is 5. The van der Waals surface area contributed by atoms with Crippen LogP contribution < -0.4 is 0 Å². The summed E-state index contributed by atoms with van der Waals surface area (Å²) in [5.74, 6) is 0.496. The third kappa shape index (κ3) is 5.89. The predicted octanol–water partition coefficient (Wildman–Crippen LogP) is 8.34. The van der Waals surface area contributed by atoms with Crippen LogP contribution in [0.4, 0.5) is 5.69 Å². The molecule has 3 rings (SSSR count). The third-order valence-corrected chi connectivity index (χ3v) is 12.2. The number of phenolic OH excluding ortho intramolecular Hbond substituents is 1. The van der Waals surface area contributed by atoms with Crippen molar-refractivity contribution in [3.8, 4) is 17.2 Å². The molecule has 186 valence electrons. The first-order chi connectivity index (χ1) is 16.2. The molecule has 2 atom stereocenters. The van der Waals surface area contributed by atoms with Crippen LogP contribution in [0.3, 0.4) is 0 Å². The van der Waals surface area contributed by atoms with E-state index in [4.69, 9.17) is 38.6 Å². The van der Waals surface area contributed by atoms with Gasteiger partial charge in [0, 0.05) is 5.56 Å².